The lowest BCUT2D eigenvalue weighted by Crippen LogP contribution is -2.18. The topological polar surface area (TPSA) is 33.1 Å². The van der Waals surface area contributed by atoms with Gasteiger partial charge < -0.3 is 5.11 Å². The van der Waals surface area contributed by atoms with E-state index in [1.54, 1.807) is 0 Å². The van der Waals surface area contributed by atoms with E-state index in [1.165, 1.54) is 6.07 Å². The summed E-state index contributed by atoms with van der Waals surface area (Å²) >= 11 is 0. The van der Waals surface area contributed by atoms with Crippen LogP contribution >= 0.6 is 0 Å². The van der Waals surface area contributed by atoms with Gasteiger partial charge in [-0.2, -0.15) is 13.2 Å². The number of aromatic nitrogens is 1. The van der Waals surface area contributed by atoms with Gasteiger partial charge in [0.1, 0.15) is 0 Å². The summed E-state index contributed by atoms with van der Waals surface area (Å²) in [6.45, 7) is 3.68. The molecule has 16 heavy (non-hydrogen) atoms. The Kier molecular flexibility index (Phi) is 3.91. The van der Waals surface area contributed by atoms with Crippen molar-refractivity contribution in [3.05, 3.63) is 29.6 Å². The summed E-state index contributed by atoms with van der Waals surface area (Å²) in [5, 5.41) is 9.55. The van der Waals surface area contributed by atoms with E-state index in [2.05, 4.69) is 4.98 Å². The summed E-state index contributed by atoms with van der Waals surface area (Å²) < 4.78 is 36.7. The van der Waals surface area contributed by atoms with Gasteiger partial charge >= 0.3 is 6.18 Å². The Morgan fingerprint density at radius 2 is 1.94 bits per heavy atom. The van der Waals surface area contributed by atoms with Crippen molar-refractivity contribution in [1.82, 2.24) is 4.98 Å². The van der Waals surface area contributed by atoms with Crippen molar-refractivity contribution in [3.8, 4) is 0 Å². The van der Waals surface area contributed by atoms with Crippen LogP contribution in [-0.4, -0.2) is 16.2 Å². The van der Waals surface area contributed by atoms with Crippen molar-refractivity contribution in [3.63, 3.8) is 0 Å². The first-order valence-electron chi connectivity index (χ1n) is 5.01. The summed E-state index contributed by atoms with van der Waals surface area (Å²) in [6, 6.07) is 2.28. The second kappa shape index (κ2) is 4.82. The molecule has 1 aromatic rings. The van der Waals surface area contributed by atoms with Crippen LogP contribution in [0.3, 0.4) is 0 Å². The molecule has 1 atom stereocenters. The first kappa shape index (κ1) is 13.0. The van der Waals surface area contributed by atoms with Crippen LogP contribution in [0, 0.1) is 5.92 Å². The largest absolute Gasteiger partial charge is 0.417 e. The Morgan fingerprint density at radius 3 is 2.31 bits per heavy atom. The molecule has 0 bridgehead atoms. The number of hydrogen-bond donors (Lipinski definition) is 1. The summed E-state index contributed by atoms with van der Waals surface area (Å²) in [5.74, 6) is 0.0593. The predicted octanol–water partition coefficient (Wildman–Crippen LogP) is 2.66. The minimum atomic E-state index is -4.36. The van der Waals surface area contributed by atoms with Gasteiger partial charge in [-0.1, -0.05) is 13.8 Å². The van der Waals surface area contributed by atoms with Crippen LogP contribution in [0.5, 0.6) is 0 Å². The van der Waals surface area contributed by atoms with Crippen LogP contribution in [0.4, 0.5) is 13.2 Å². The molecule has 2 nitrogen and oxygen atoms in total. The SMILES string of the molecule is CC(C)C(O)Cc1ccc(C(F)(F)F)cn1. The fourth-order valence-corrected chi connectivity index (χ4v) is 1.16. The van der Waals surface area contributed by atoms with Gasteiger partial charge in [0, 0.05) is 18.3 Å². The third kappa shape index (κ3) is 3.48. The normalized spacial score (nSPS) is 14.2. The van der Waals surface area contributed by atoms with Crippen molar-refractivity contribution in [2.45, 2.75) is 32.5 Å². The maximum atomic E-state index is 12.2. The number of nitrogens with zero attached hydrogens (tertiary/aromatic N) is 1. The van der Waals surface area contributed by atoms with Gasteiger partial charge in [0.05, 0.1) is 11.7 Å². The summed E-state index contributed by atoms with van der Waals surface area (Å²) in [4.78, 5) is 3.69. The predicted molar refractivity (Wildman–Crippen MR) is 53.8 cm³/mol. The number of aliphatic hydroxyl groups is 1. The number of rotatable bonds is 3. The van der Waals surface area contributed by atoms with Crippen LogP contribution in [0.2, 0.25) is 0 Å². The van der Waals surface area contributed by atoms with E-state index < -0.39 is 17.8 Å². The monoisotopic (exact) mass is 233 g/mol. The third-order valence-corrected chi connectivity index (χ3v) is 2.34. The molecule has 1 heterocycles. The molecule has 0 spiro atoms. The molecule has 0 saturated carbocycles. The van der Waals surface area contributed by atoms with Gasteiger partial charge in [-0.25, -0.2) is 0 Å². The molecule has 90 valence electrons. The molecule has 0 saturated heterocycles. The quantitative estimate of drug-likeness (QED) is 0.870. The highest BCUT2D eigenvalue weighted by Crippen LogP contribution is 2.28. The van der Waals surface area contributed by atoms with Gasteiger partial charge in [-0.05, 0) is 18.1 Å². The second-order valence-electron chi connectivity index (χ2n) is 4.05. The molecule has 0 radical (unpaired) electrons. The minimum Gasteiger partial charge on any atom is -0.392 e. The standard InChI is InChI=1S/C11H14F3NO/c1-7(2)10(16)5-9-4-3-8(6-15-9)11(12,13)14/h3-4,6-7,10,16H,5H2,1-2H3. The van der Waals surface area contributed by atoms with Crippen LogP contribution in [0.25, 0.3) is 0 Å². The molecule has 1 rings (SSSR count). The summed E-state index contributed by atoms with van der Waals surface area (Å²) in [5.41, 5.74) is -0.301. The fourth-order valence-electron chi connectivity index (χ4n) is 1.16. The van der Waals surface area contributed by atoms with Crippen molar-refractivity contribution in [2.75, 3.05) is 0 Å². The molecule has 5 heteroatoms. The maximum absolute atomic E-state index is 12.2. The Hall–Kier alpha value is -1.10. The molecule has 0 amide bonds. The summed E-state index contributed by atoms with van der Waals surface area (Å²) in [7, 11) is 0. The Labute approximate surface area is 92.1 Å². The number of halogens is 3. The summed E-state index contributed by atoms with van der Waals surface area (Å²) in [6.07, 6.45) is -3.87. The van der Waals surface area contributed by atoms with Gasteiger partial charge in [-0.3, -0.25) is 4.98 Å². The van der Waals surface area contributed by atoms with E-state index >= 15 is 0 Å². The Morgan fingerprint density at radius 1 is 1.31 bits per heavy atom. The smallest absolute Gasteiger partial charge is 0.392 e. The van der Waals surface area contributed by atoms with E-state index in [4.69, 9.17) is 0 Å². The Balaban J connectivity index is 2.72. The van der Waals surface area contributed by atoms with Gasteiger partial charge in [0.25, 0.3) is 0 Å². The maximum Gasteiger partial charge on any atom is 0.417 e. The number of hydrogen-bond acceptors (Lipinski definition) is 2. The average Bonchev–Trinajstić information content (AvgIpc) is 2.17. The number of aliphatic hydroxyl groups excluding tert-OH is 1. The van der Waals surface area contributed by atoms with E-state index in [0.29, 0.717) is 5.69 Å². The molecule has 1 unspecified atom stereocenters. The second-order valence-corrected chi connectivity index (χ2v) is 4.05. The average molecular weight is 233 g/mol. The molecule has 0 fully saturated rings. The minimum absolute atomic E-state index is 0.0593. The van der Waals surface area contributed by atoms with E-state index in [0.717, 1.165) is 12.3 Å². The zero-order chi connectivity index (χ0) is 12.3. The van der Waals surface area contributed by atoms with E-state index in [1.807, 2.05) is 13.8 Å². The fraction of sp³-hybridized carbons (Fsp3) is 0.545. The van der Waals surface area contributed by atoms with Gasteiger partial charge in [0.15, 0.2) is 0 Å². The lowest BCUT2D eigenvalue weighted by molar-refractivity contribution is -0.137. The molecule has 1 N–H and O–H groups in total. The first-order valence-corrected chi connectivity index (χ1v) is 5.01. The molecule has 1 aromatic heterocycles. The van der Waals surface area contributed by atoms with Crippen molar-refractivity contribution >= 4 is 0 Å². The van der Waals surface area contributed by atoms with E-state index in [-0.39, 0.29) is 12.3 Å². The van der Waals surface area contributed by atoms with E-state index in [9.17, 15) is 18.3 Å². The van der Waals surface area contributed by atoms with Crippen LogP contribution in [0.1, 0.15) is 25.1 Å². The van der Waals surface area contributed by atoms with Gasteiger partial charge in [0.2, 0.25) is 0 Å². The lowest BCUT2D eigenvalue weighted by atomic mass is 10.0. The van der Waals surface area contributed by atoms with Crippen molar-refractivity contribution in [1.29, 1.82) is 0 Å². The number of pyridine rings is 1. The Bertz CT molecular complexity index is 332. The molecule has 0 aromatic carbocycles. The number of alkyl halides is 3. The van der Waals surface area contributed by atoms with Crippen LogP contribution in [0.15, 0.2) is 18.3 Å². The molecular formula is C11H14F3NO. The third-order valence-electron chi connectivity index (χ3n) is 2.34. The molecular weight excluding hydrogens is 219 g/mol. The highest BCUT2D eigenvalue weighted by Gasteiger charge is 2.30. The zero-order valence-corrected chi connectivity index (χ0v) is 9.12. The molecule has 0 aliphatic rings. The van der Waals surface area contributed by atoms with Crippen LogP contribution < -0.4 is 0 Å². The highest BCUT2D eigenvalue weighted by molar-refractivity contribution is 5.17. The zero-order valence-electron chi connectivity index (χ0n) is 9.12. The molecule has 0 aliphatic carbocycles. The molecule has 0 aliphatic heterocycles. The van der Waals surface area contributed by atoms with Crippen LogP contribution in [-0.2, 0) is 12.6 Å². The van der Waals surface area contributed by atoms with Crippen molar-refractivity contribution in [2.24, 2.45) is 5.92 Å². The first-order chi connectivity index (χ1) is 7.30. The van der Waals surface area contributed by atoms with Crippen molar-refractivity contribution < 1.29 is 18.3 Å². The highest BCUT2D eigenvalue weighted by atomic mass is 19.4. The van der Waals surface area contributed by atoms with Gasteiger partial charge in [-0.15, -0.1) is 0 Å². The lowest BCUT2D eigenvalue weighted by Gasteiger charge is -2.14.